The van der Waals surface area contributed by atoms with E-state index in [-0.39, 0.29) is 17.7 Å². The van der Waals surface area contributed by atoms with Crippen LogP contribution in [-0.4, -0.2) is 36.3 Å². The zero-order valence-electron chi connectivity index (χ0n) is 15.9. The topological polar surface area (TPSA) is 49.4 Å². The lowest BCUT2D eigenvalue weighted by Gasteiger charge is -2.31. The van der Waals surface area contributed by atoms with E-state index in [0.29, 0.717) is 6.54 Å². The lowest BCUT2D eigenvalue weighted by molar-refractivity contribution is -0.126. The van der Waals surface area contributed by atoms with Crippen molar-refractivity contribution in [3.8, 4) is 0 Å². The van der Waals surface area contributed by atoms with Crippen LogP contribution in [0.2, 0.25) is 0 Å². The van der Waals surface area contributed by atoms with E-state index in [0.717, 1.165) is 62.9 Å². The van der Waals surface area contributed by atoms with E-state index < -0.39 is 0 Å². The molecule has 0 aliphatic carbocycles. The van der Waals surface area contributed by atoms with Crippen molar-refractivity contribution in [1.82, 2.24) is 10.2 Å². The first kappa shape index (κ1) is 20.0. The zero-order valence-corrected chi connectivity index (χ0v) is 16.7. The normalized spacial score (nSPS) is 17.6. The highest BCUT2D eigenvalue weighted by Crippen LogP contribution is 2.27. The average Bonchev–Trinajstić information content (AvgIpc) is 3.04. The summed E-state index contributed by atoms with van der Waals surface area (Å²) in [5.41, 5.74) is 1.31. The lowest BCUT2D eigenvalue weighted by Crippen LogP contribution is -2.45. The Balaban J connectivity index is 2.00. The maximum Gasteiger partial charge on any atom is 0.263 e. The lowest BCUT2D eigenvalue weighted by atomic mass is 9.97. The highest BCUT2D eigenvalue weighted by Gasteiger charge is 2.29. The van der Waals surface area contributed by atoms with Crippen LogP contribution in [0.5, 0.6) is 0 Å². The van der Waals surface area contributed by atoms with E-state index in [1.807, 2.05) is 4.90 Å². The van der Waals surface area contributed by atoms with Gasteiger partial charge >= 0.3 is 0 Å². The second-order valence-corrected chi connectivity index (χ2v) is 8.03. The second kappa shape index (κ2) is 9.95. The zero-order chi connectivity index (χ0) is 18.2. The first-order chi connectivity index (χ1) is 12.1. The Morgan fingerprint density at radius 1 is 1.28 bits per heavy atom. The number of piperidine rings is 1. The number of unbranched alkanes of at least 4 members (excludes halogenated alkanes) is 1. The van der Waals surface area contributed by atoms with Crippen molar-refractivity contribution < 1.29 is 9.59 Å². The Bertz CT molecular complexity index is 582. The van der Waals surface area contributed by atoms with Crippen molar-refractivity contribution in [1.29, 1.82) is 0 Å². The highest BCUT2D eigenvalue weighted by atomic mass is 32.1. The third-order valence-electron chi connectivity index (χ3n) is 4.87. The molecule has 1 aliphatic rings. The number of rotatable bonds is 8. The number of thiophene rings is 1. The number of carbonyl (C=O) groups is 2. The predicted octanol–water partition coefficient (Wildman–Crippen LogP) is 4.03. The summed E-state index contributed by atoms with van der Waals surface area (Å²) in [4.78, 5) is 29.3. The van der Waals surface area contributed by atoms with Gasteiger partial charge in [-0.1, -0.05) is 33.6 Å². The first-order valence-electron chi connectivity index (χ1n) is 9.79. The van der Waals surface area contributed by atoms with Gasteiger partial charge in [-0.05, 0) is 43.7 Å². The Labute approximate surface area is 156 Å². The Morgan fingerprint density at radius 2 is 2.08 bits per heavy atom. The van der Waals surface area contributed by atoms with E-state index in [9.17, 15) is 9.59 Å². The van der Waals surface area contributed by atoms with E-state index in [1.165, 1.54) is 10.4 Å². The highest BCUT2D eigenvalue weighted by molar-refractivity contribution is 7.14. The Hall–Kier alpha value is -1.36. The van der Waals surface area contributed by atoms with Gasteiger partial charge in [0.2, 0.25) is 5.91 Å². The molecule has 1 atom stereocenters. The number of nitrogens with zero attached hydrogens (tertiary/aromatic N) is 1. The van der Waals surface area contributed by atoms with Gasteiger partial charge in [0.1, 0.15) is 0 Å². The van der Waals surface area contributed by atoms with Gasteiger partial charge in [-0.25, -0.2) is 0 Å². The van der Waals surface area contributed by atoms with Crippen LogP contribution in [0, 0.1) is 5.92 Å². The fourth-order valence-electron chi connectivity index (χ4n) is 3.37. The van der Waals surface area contributed by atoms with Crippen LogP contribution in [0.4, 0.5) is 0 Å². The van der Waals surface area contributed by atoms with Crippen LogP contribution in [-0.2, 0) is 17.6 Å². The van der Waals surface area contributed by atoms with Crippen LogP contribution in [0.3, 0.4) is 0 Å². The van der Waals surface area contributed by atoms with Gasteiger partial charge in [-0.15, -0.1) is 11.3 Å². The molecule has 2 amide bonds. The monoisotopic (exact) mass is 364 g/mol. The van der Waals surface area contributed by atoms with Crippen LogP contribution in [0.15, 0.2) is 6.07 Å². The minimum absolute atomic E-state index is 0.0599. The van der Waals surface area contributed by atoms with Gasteiger partial charge in [-0.3, -0.25) is 9.59 Å². The fraction of sp³-hybridized carbons (Fsp3) is 0.700. The second-order valence-electron chi connectivity index (χ2n) is 6.90. The molecule has 4 nitrogen and oxygen atoms in total. The van der Waals surface area contributed by atoms with E-state index in [2.05, 4.69) is 32.2 Å². The largest absolute Gasteiger partial charge is 0.356 e. The predicted molar refractivity (Wildman–Crippen MR) is 104 cm³/mol. The molecule has 2 heterocycles. The van der Waals surface area contributed by atoms with Gasteiger partial charge in [-0.2, -0.15) is 0 Å². The van der Waals surface area contributed by atoms with Crippen molar-refractivity contribution >= 4 is 23.2 Å². The molecule has 1 aliphatic heterocycles. The number of nitrogens with one attached hydrogen (secondary N) is 1. The van der Waals surface area contributed by atoms with Crippen LogP contribution in [0.1, 0.15) is 73.0 Å². The van der Waals surface area contributed by atoms with Crippen LogP contribution < -0.4 is 5.32 Å². The van der Waals surface area contributed by atoms with Crippen molar-refractivity contribution in [2.75, 3.05) is 19.6 Å². The van der Waals surface area contributed by atoms with Crippen molar-refractivity contribution in [2.24, 2.45) is 5.92 Å². The van der Waals surface area contributed by atoms with Gasteiger partial charge in [0.05, 0.1) is 10.8 Å². The molecule has 1 unspecified atom stereocenters. The van der Waals surface area contributed by atoms with Gasteiger partial charge in [0, 0.05) is 24.5 Å². The quantitative estimate of drug-likeness (QED) is 0.708. The molecule has 0 radical (unpaired) electrons. The number of hydrogen-bond donors (Lipinski definition) is 1. The summed E-state index contributed by atoms with van der Waals surface area (Å²) in [6, 6.07) is 2.07. The van der Waals surface area contributed by atoms with Gasteiger partial charge < -0.3 is 10.2 Å². The molecule has 0 aromatic carbocycles. The molecule has 2 rings (SSSR count). The maximum absolute atomic E-state index is 12.9. The molecule has 1 N–H and O–H groups in total. The van der Waals surface area contributed by atoms with E-state index in [1.54, 1.807) is 11.3 Å². The molecule has 0 saturated carbocycles. The van der Waals surface area contributed by atoms with Crippen LogP contribution >= 0.6 is 11.3 Å². The average molecular weight is 365 g/mol. The number of amides is 2. The van der Waals surface area contributed by atoms with Gasteiger partial charge in [0.15, 0.2) is 0 Å². The molecule has 0 bridgehead atoms. The standard InChI is InChI=1S/C20H32N2O2S/c1-4-7-11-21-19(23)16-10-8-12-22(14-16)20(24)18-13-15(6-3)17(25-18)9-5-2/h13,16H,4-12,14H2,1-3H3,(H,21,23). The molecule has 1 fully saturated rings. The summed E-state index contributed by atoms with van der Waals surface area (Å²) in [6.45, 7) is 8.50. The minimum atomic E-state index is -0.0599. The number of likely N-dealkylation sites (tertiary alicyclic amines) is 1. The summed E-state index contributed by atoms with van der Waals surface area (Å²) in [7, 11) is 0. The summed E-state index contributed by atoms with van der Waals surface area (Å²) >= 11 is 1.65. The number of aryl methyl sites for hydroxylation is 2. The molecule has 25 heavy (non-hydrogen) atoms. The van der Waals surface area contributed by atoms with E-state index >= 15 is 0 Å². The summed E-state index contributed by atoms with van der Waals surface area (Å²) in [5.74, 6) is 0.154. The minimum Gasteiger partial charge on any atom is -0.356 e. The molecular weight excluding hydrogens is 332 g/mol. The molecule has 140 valence electrons. The van der Waals surface area contributed by atoms with Crippen molar-refractivity contribution in [3.05, 3.63) is 21.4 Å². The molecule has 0 spiro atoms. The third-order valence-corrected chi connectivity index (χ3v) is 6.10. The summed E-state index contributed by atoms with van der Waals surface area (Å²) < 4.78 is 0. The summed E-state index contributed by atoms with van der Waals surface area (Å²) in [5, 5.41) is 3.02. The first-order valence-corrected chi connectivity index (χ1v) is 10.6. The van der Waals surface area contributed by atoms with Gasteiger partial charge in [0.25, 0.3) is 5.91 Å². The molecule has 1 aromatic rings. The molecule has 1 aromatic heterocycles. The molecule has 1 saturated heterocycles. The van der Waals surface area contributed by atoms with Crippen molar-refractivity contribution in [3.63, 3.8) is 0 Å². The Kier molecular flexibility index (Phi) is 7.94. The third kappa shape index (κ3) is 5.30. The molecular formula is C20H32N2O2S. The van der Waals surface area contributed by atoms with E-state index in [4.69, 9.17) is 0 Å². The van der Waals surface area contributed by atoms with Crippen molar-refractivity contribution in [2.45, 2.75) is 65.7 Å². The fourth-order valence-corrected chi connectivity index (χ4v) is 4.70. The SMILES string of the molecule is CCCCNC(=O)C1CCCN(C(=O)c2cc(CC)c(CCC)s2)C1. The van der Waals surface area contributed by atoms with Crippen LogP contribution in [0.25, 0.3) is 0 Å². The Morgan fingerprint density at radius 3 is 2.76 bits per heavy atom. The number of carbonyl (C=O) groups excluding carboxylic acids is 2. The maximum atomic E-state index is 12.9. The smallest absolute Gasteiger partial charge is 0.263 e. The molecule has 5 heteroatoms. The summed E-state index contributed by atoms with van der Waals surface area (Å²) in [6.07, 6.45) is 7.00. The number of hydrogen-bond acceptors (Lipinski definition) is 3.